The Balaban J connectivity index is 0.940. The van der Waals surface area contributed by atoms with Gasteiger partial charge in [-0.05, 0) is 54.3 Å². The highest BCUT2D eigenvalue weighted by Crippen LogP contribution is 2.31. The van der Waals surface area contributed by atoms with Crippen LogP contribution in [0.5, 0.6) is 5.75 Å². The van der Waals surface area contributed by atoms with Crippen LogP contribution < -0.4 is 10.1 Å². The lowest BCUT2D eigenvalue weighted by molar-refractivity contribution is -0.136. The number of piperidine rings is 1. The van der Waals surface area contributed by atoms with Crippen molar-refractivity contribution in [2.24, 2.45) is 0 Å². The molecular weight excluding hydrogens is 510 g/mol. The van der Waals surface area contributed by atoms with Crippen molar-refractivity contribution in [2.75, 3.05) is 26.3 Å². The maximum absolute atomic E-state index is 12.9. The molecule has 3 aromatic rings. The molecule has 4 aliphatic heterocycles. The average Bonchev–Trinajstić information content (AvgIpc) is 3.64. The summed E-state index contributed by atoms with van der Waals surface area (Å²) in [5.74, 6) is 0.383. The summed E-state index contributed by atoms with van der Waals surface area (Å²) in [5, 5.41) is 6.92. The normalized spacial score (nSPS) is 23.3. The van der Waals surface area contributed by atoms with E-state index in [1.54, 1.807) is 11.0 Å². The molecule has 3 fully saturated rings. The van der Waals surface area contributed by atoms with Crippen molar-refractivity contribution < 1.29 is 23.9 Å². The number of amides is 3. The van der Waals surface area contributed by atoms with E-state index in [9.17, 15) is 14.4 Å². The topological polar surface area (TPSA) is 106 Å². The number of fused-ring (bicyclic) bond motifs is 1. The molecule has 0 spiro atoms. The van der Waals surface area contributed by atoms with Crippen molar-refractivity contribution in [1.82, 2.24) is 24.9 Å². The first-order chi connectivity index (χ1) is 19.5. The van der Waals surface area contributed by atoms with Crippen LogP contribution in [-0.4, -0.2) is 75.8 Å². The van der Waals surface area contributed by atoms with E-state index in [0.29, 0.717) is 24.4 Å². The second-order valence-electron chi connectivity index (χ2n) is 11.1. The third-order valence-electron chi connectivity index (χ3n) is 8.34. The fraction of sp³-hybridized carbons (Fsp3) is 0.400. The monoisotopic (exact) mass is 541 g/mol. The van der Waals surface area contributed by atoms with Crippen molar-refractivity contribution in [1.29, 1.82) is 0 Å². The van der Waals surface area contributed by atoms with E-state index in [1.807, 2.05) is 23.0 Å². The van der Waals surface area contributed by atoms with Crippen molar-refractivity contribution in [3.8, 4) is 11.4 Å². The molecule has 206 valence electrons. The first kappa shape index (κ1) is 25.0. The van der Waals surface area contributed by atoms with Crippen LogP contribution in [-0.2, 0) is 27.4 Å². The zero-order valence-corrected chi connectivity index (χ0v) is 22.1. The summed E-state index contributed by atoms with van der Waals surface area (Å²) in [6.45, 7) is 4.50. The molecule has 10 heteroatoms. The maximum atomic E-state index is 12.9. The van der Waals surface area contributed by atoms with Gasteiger partial charge in [0.2, 0.25) is 11.8 Å². The van der Waals surface area contributed by atoms with Crippen molar-refractivity contribution >= 4 is 17.7 Å². The number of nitrogens with one attached hydrogen (secondary N) is 1. The molecule has 1 N–H and O–H groups in total. The molecule has 10 nitrogen and oxygen atoms in total. The van der Waals surface area contributed by atoms with Gasteiger partial charge in [0.15, 0.2) is 0 Å². The van der Waals surface area contributed by atoms with Crippen LogP contribution in [0.15, 0.2) is 54.9 Å². The average molecular weight is 542 g/mol. The van der Waals surface area contributed by atoms with Crippen LogP contribution in [0, 0.1) is 0 Å². The zero-order valence-electron chi connectivity index (χ0n) is 22.1. The van der Waals surface area contributed by atoms with E-state index in [4.69, 9.17) is 9.47 Å². The largest absolute Gasteiger partial charge is 0.489 e. The van der Waals surface area contributed by atoms with E-state index < -0.39 is 11.9 Å². The minimum atomic E-state index is -0.614. The summed E-state index contributed by atoms with van der Waals surface area (Å²) in [7, 11) is 0. The van der Waals surface area contributed by atoms with Gasteiger partial charge in [0.1, 0.15) is 17.9 Å². The van der Waals surface area contributed by atoms with Gasteiger partial charge in [0, 0.05) is 55.8 Å². The van der Waals surface area contributed by atoms with Gasteiger partial charge in [0.05, 0.1) is 25.1 Å². The van der Waals surface area contributed by atoms with Gasteiger partial charge in [-0.2, -0.15) is 5.10 Å². The summed E-state index contributed by atoms with van der Waals surface area (Å²) in [5.41, 5.74) is 4.95. The molecule has 0 radical (unpaired) electrons. The molecule has 5 heterocycles. The fourth-order valence-electron chi connectivity index (χ4n) is 6.02. The molecule has 0 aliphatic carbocycles. The maximum Gasteiger partial charge on any atom is 0.255 e. The lowest BCUT2D eigenvalue weighted by atomic mass is 9.97. The Kier molecular flexibility index (Phi) is 6.36. The number of carbonyl (C=O) groups is 3. The van der Waals surface area contributed by atoms with Crippen LogP contribution in [0.25, 0.3) is 5.69 Å². The third-order valence-corrected chi connectivity index (χ3v) is 8.34. The number of carbonyl (C=O) groups excluding carboxylic acids is 3. The highest BCUT2D eigenvalue weighted by atomic mass is 16.5. The first-order valence-corrected chi connectivity index (χ1v) is 13.9. The Morgan fingerprint density at radius 2 is 1.90 bits per heavy atom. The van der Waals surface area contributed by atoms with E-state index in [0.717, 1.165) is 61.8 Å². The SMILES string of the molecule is O=C1CCC(N2Cc3cc(O[C@H]4CCN(Cc5cnn(-c6ccc(C7COC7)cc6)c5)C4)ccc3C2=O)C(=O)N1. The minimum absolute atomic E-state index is 0.0551. The van der Waals surface area contributed by atoms with Crippen LogP contribution in [0.2, 0.25) is 0 Å². The Morgan fingerprint density at radius 3 is 2.67 bits per heavy atom. The number of likely N-dealkylation sites (tertiary alicyclic amines) is 1. The van der Waals surface area contributed by atoms with Crippen LogP contribution in [0.1, 0.15) is 52.2 Å². The second-order valence-corrected chi connectivity index (χ2v) is 11.1. The van der Waals surface area contributed by atoms with E-state index in [-0.39, 0.29) is 24.3 Å². The lowest BCUT2D eigenvalue weighted by Gasteiger charge is -2.29. The zero-order chi connectivity index (χ0) is 27.2. The van der Waals surface area contributed by atoms with Gasteiger partial charge in [0.25, 0.3) is 5.91 Å². The number of hydrogen-bond acceptors (Lipinski definition) is 7. The molecule has 1 aromatic heterocycles. The predicted octanol–water partition coefficient (Wildman–Crippen LogP) is 2.40. The highest BCUT2D eigenvalue weighted by Gasteiger charge is 2.39. The lowest BCUT2D eigenvalue weighted by Crippen LogP contribution is -2.52. The molecule has 1 unspecified atom stereocenters. The van der Waals surface area contributed by atoms with Crippen LogP contribution in [0.4, 0.5) is 0 Å². The minimum Gasteiger partial charge on any atom is -0.489 e. The van der Waals surface area contributed by atoms with E-state index in [1.165, 1.54) is 5.56 Å². The van der Waals surface area contributed by atoms with E-state index >= 15 is 0 Å². The van der Waals surface area contributed by atoms with Gasteiger partial charge in [-0.25, -0.2) is 4.68 Å². The highest BCUT2D eigenvalue weighted by molar-refractivity contribution is 6.05. The van der Waals surface area contributed by atoms with Crippen molar-refractivity contribution in [2.45, 2.75) is 50.4 Å². The second kappa shape index (κ2) is 10.2. The summed E-state index contributed by atoms with van der Waals surface area (Å²) in [6.07, 6.45) is 5.58. The van der Waals surface area contributed by atoms with E-state index in [2.05, 4.69) is 45.8 Å². The molecule has 2 aromatic carbocycles. The van der Waals surface area contributed by atoms with Gasteiger partial charge in [-0.1, -0.05) is 12.1 Å². The molecule has 40 heavy (non-hydrogen) atoms. The quantitative estimate of drug-likeness (QED) is 0.458. The standard InChI is InChI=1S/C30H31N5O5/c36-28-8-7-27(29(37)32-28)34-15-21-11-24(5-6-26(21)30(34)38)40-25-9-10-33(16-25)13-19-12-31-35(14-19)23-3-1-20(2-4-23)22-17-39-18-22/h1-6,11-12,14,22,25,27H,7-10,13,15-18H2,(H,32,36,37)/t25-,27?/m0/s1. The summed E-state index contributed by atoms with van der Waals surface area (Å²) in [6, 6.07) is 13.5. The number of ether oxygens (including phenoxy) is 2. The Labute approximate surface area is 231 Å². The number of imide groups is 1. The number of benzene rings is 2. The molecule has 0 saturated carbocycles. The smallest absolute Gasteiger partial charge is 0.255 e. The molecule has 2 atom stereocenters. The van der Waals surface area contributed by atoms with Gasteiger partial charge < -0.3 is 14.4 Å². The predicted molar refractivity (Wildman–Crippen MR) is 144 cm³/mol. The number of nitrogens with zero attached hydrogens (tertiary/aromatic N) is 4. The summed E-state index contributed by atoms with van der Waals surface area (Å²) < 4.78 is 13.5. The number of rotatable bonds is 7. The number of aromatic nitrogens is 2. The molecule has 3 amide bonds. The first-order valence-electron chi connectivity index (χ1n) is 13.9. The molecule has 3 saturated heterocycles. The number of hydrogen-bond donors (Lipinski definition) is 1. The molecule has 0 bridgehead atoms. The Morgan fingerprint density at radius 1 is 1.05 bits per heavy atom. The summed E-state index contributed by atoms with van der Waals surface area (Å²) in [4.78, 5) is 40.7. The van der Waals surface area contributed by atoms with Gasteiger partial charge >= 0.3 is 0 Å². The van der Waals surface area contributed by atoms with Crippen LogP contribution in [0.3, 0.4) is 0 Å². The molecule has 7 rings (SSSR count). The molecule has 4 aliphatic rings. The fourth-order valence-corrected chi connectivity index (χ4v) is 6.02. The van der Waals surface area contributed by atoms with Crippen molar-refractivity contribution in [3.63, 3.8) is 0 Å². The molecular formula is C30H31N5O5. The third kappa shape index (κ3) is 4.77. The summed E-state index contributed by atoms with van der Waals surface area (Å²) >= 11 is 0. The Bertz CT molecular complexity index is 1460. The van der Waals surface area contributed by atoms with Crippen molar-refractivity contribution in [3.05, 3.63) is 77.1 Å². The van der Waals surface area contributed by atoms with Gasteiger partial charge in [-0.3, -0.25) is 24.6 Å². The van der Waals surface area contributed by atoms with Gasteiger partial charge in [-0.15, -0.1) is 0 Å². The Hall–Kier alpha value is -4.02. The van der Waals surface area contributed by atoms with Crippen LogP contribution >= 0.6 is 0 Å².